The van der Waals surface area contributed by atoms with Crippen LogP contribution in [-0.2, 0) is 21.8 Å². The number of fused-ring (bicyclic) bond motifs is 1. The Balaban J connectivity index is 1.38. The third-order valence-electron chi connectivity index (χ3n) is 7.10. The van der Waals surface area contributed by atoms with Crippen molar-refractivity contribution >= 4 is 33.0 Å². The lowest BCUT2D eigenvalue weighted by Gasteiger charge is -2.36. The number of anilines is 1. The molecule has 13 heteroatoms. The smallest absolute Gasteiger partial charge is 0.410 e. The van der Waals surface area contributed by atoms with Crippen molar-refractivity contribution in [3.63, 3.8) is 0 Å². The molecule has 0 saturated carbocycles. The van der Waals surface area contributed by atoms with Gasteiger partial charge in [-0.2, -0.15) is 5.10 Å². The zero-order valence-electron chi connectivity index (χ0n) is 24.4. The van der Waals surface area contributed by atoms with E-state index in [-0.39, 0.29) is 16.6 Å². The van der Waals surface area contributed by atoms with Crippen LogP contribution in [0.15, 0.2) is 78.5 Å². The highest BCUT2D eigenvalue weighted by molar-refractivity contribution is 7.90. The molecule has 1 saturated heterocycles. The van der Waals surface area contributed by atoms with E-state index in [0.29, 0.717) is 48.6 Å². The van der Waals surface area contributed by atoms with Gasteiger partial charge in [-0.05, 0) is 39.0 Å². The summed E-state index contributed by atoms with van der Waals surface area (Å²) in [6, 6.07) is 10.2. The number of hydrogen-bond acceptors (Lipinski definition) is 9. The SMILES string of the molecule is Cn1cc(-c2cnc3c(c2)c(-c2cncc(N4CCN(C(=O)OC(C)(C)C)CC4)n2)cn3S(=O)(=O)c2ccccc2)cn1. The molecule has 0 atom stereocenters. The first-order chi connectivity index (χ1) is 20.5. The molecule has 0 bridgehead atoms. The van der Waals surface area contributed by atoms with Crippen LogP contribution in [0.1, 0.15) is 20.8 Å². The monoisotopic (exact) mass is 600 g/mol. The Morgan fingerprint density at radius 3 is 2.35 bits per heavy atom. The van der Waals surface area contributed by atoms with Crippen molar-refractivity contribution in [1.82, 2.24) is 33.6 Å². The Labute approximate surface area is 249 Å². The molecule has 6 rings (SSSR count). The van der Waals surface area contributed by atoms with Crippen molar-refractivity contribution in [2.75, 3.05) is 31.1 Å². The van der Waals surface area contributed by atoms with Gasteiger partial charge in [0.05, 0.1) is 29.2 Å². The van der Waals surface area contributed by atoms with Crippen LogP contribution in [0.2, 0.25) is 0 Å². The number of piperazine rings is 1. The highest BCUT2D eigenvalue weighted by Gasteiger charge is 2.28. The number of carbonyl (C=O) groups is 1. The summed E-state index contributed by atoms with van der Waals surface area (Å²) in [6.07, 6.45) is 9.76. The van der Waals surface area contributed by atoms with Crippen LogP contribution in [0.5, 0.6) is 0 Å². The maximum Gasteiger partial charge on any atom is 0.410 e. The van der Waals surface area contributed by atoms with Crippen molar-refractivity contribution in [2.45, 2.75) is 31.3 Å². The fraction of sp³-hybridized carbons (Fsp3) is 0.300. The van der Waals surface area contributed by atoms with Gasteiger partial charge in [0.25, 0.3) is 10.0 Å². The zero-order chi connectivity index (χ0) is 30.4. The van der Waals surface area contributed by atoms with Gasteiger partial charge in [-0.1, -0.05) is 18.2 Å². The molecule has 5 aromatic rings. The molecule has 1 aliphatic heterocycles. The number of aromatic nitrogens is 6. The fourth-order valence-corrected chi connectivity index (χ4v) is 6.33. The van der Waals surface area contributed by atoms with E-state index in [2.05, 4.69) is 20.0 Å². The minimum atomic E-state index is -3.95. The third kappa shape index (κ3) is 5.67. The van der Waals surface area contributed by atoms with Gasteiger partial charge in [0.2, 0.25) is 0 Å². The average molecular weight is 601 g/mol. The van der Waals surface area contributed by atoms with Crippen LogP contribution in [0.25, 0.3) is 33.4 Å². The Hall–Kier alpha value is -4.78. The summed E-state index contributed by atoms with van der Waals surface area (Å²) in [5.74, 6) is 0.629. The third-order valence-corrected chi connectivity index (χ3v) is 8.77. The number of benzene rings is 1. The highest BCUT2D eigenvalue weighted by atomic mass is 32.2. The highest BCUT2D eigenvalue weighted by Crippen LogP contribution is 2.34. The van der Waals surface area contributed by atoms with Crippen LogP contribution >= 0.6 is 0 Å². The number of aryl methyl sites for hydroxylation is 1. The minimum absolute atomic E-state index is 0.152. The average Bonchev–Trinajstić information content (AvgIpc) is 3.61. The van der Waals surface area contributed by atoms with E-state index in [9.17, 15) is 13.2 Å². The maximum absolute atomic E-state index is 13.8. The molecule has 4 aromatic heterocycles. The first-order valence-electron chi connectivity index (χ1n) is 13.9. The minimum Gasteiger partial charge on any atom is -0.444 e. The summed E-state index contributed by atoms with van der Waals surface area (Å²) < 4.78 is 35.9. The van der Waals surface area contributed by atoms with Gasteiger partial charge in [-0.3, -0.25) is 9.67 Å². The van der Waals surface area contributed by atoms with Gasteiger partial charge in [0.1, 0.15) is 11.4 Å². The van der Waals surface area contributed by atoms with Gasteiger partial charge in [0.15, 0.2) is 5.65 Å². The molecule has 0 radical (unpaired) electrons. The van der Waals surface area contributed by atoms with Gasteiger partial charge in [-0.15, -0.1) is 0 Å². The molecule has 0 aliphatic carbocycles. The van der Waals surface area contributed by atoms with Gasteiger partial charge < -0.3 is 14.5 Å². The molecule has 1 aromatic carbocycles. The Bertz CT molecular complexity index is 1900. The van der Waals surface area contributed by atoms with Crippen LogP contribution in [0.3, 0.4) is 0 Å². The first-order valence-corrected chi connectivity index (χ1v) is 15.3. The molecule has 1 fully saturated rings. The summed E-state index contributed by atoms with van der Waals surface area (Å²) in [6.45, 7) is 7.60. The molecule has 5 heterocycles. The number of pyridine rings is 1. The van der Waals surface area contributed by atoms with Gasteiger partial charge in [-0.25, -0.2) is 27.2 Å². The Morgan fingerprint density at radius 2 is 1.67 bits per heavy atom. The molecular weight excluding hydrogens is 568 g/mol. The van der Waals surface area contributed by atoms with Crippen molar-refractivity contribution < 1.29 is 17.9 Å². The number of hydrogen-bond donors (Lipinski definition) is 0. The summed E-state index contributed by atoms with van der Waals surface area (Å²) in [5, 5.41) is 4.88. The number of amides is 1. The van der Waals surface area contributed by atoms with Gasteiger partial charge >= 0.3 is 6.09 Å². The number of ether oxygens (including phenoxy) is 1. The molecule has 1 amide bonds. The molecule has 12 nitrogen and oxygen atoms in total. The quantitative estimate of drug-likeness (QED) is 0.292. The number of nitrogens with zero attached hydrogens (tertiary/aromatic N) is 8. The van der Waals surface area contributed by atoms with E-state index in [1.165, 1.54) is 3.97 Å². The molecule has 43 heavy (non-hydrogen) atoms. The summed E-state index contributed by atoms with van der Waals surface area (Å²) in [4.78, 5) is 30.4. The summed E-state index contributed by atoms with van der Waals surface area (Å²) >= 11 is 0. The molecule has 222 valence electrons. The van der Waals surface area contributed by atoms with Crippen LogP contribution in [0, 0.1) is 0 Å². The molecular formula is C30H32N8O4S. The van der Waals surface area contributed by atoms with E-state index in [1.807, 2.05) is 40.1 Å². The number of carbonyl (C=O) groups excluding carboxylic acids is 1. The topological polar surface area (TPSA) is 128 Å². The van der Waals surface area contributed by atoms with Crippen molar-refractivity contribution in [3.8, 4) is 22.4 Å². The van der Waals surface area contributed by atoms with Crippen LogP contribution in [-0.4, -0.2) is 79.9 Å². The molecule has 1 aliphatic rings. The molecule has 0 unspecified atom stereocenters. The lowest BCUT2D eigenvalue weighted by atomic mass is 10.1. The Morgan fingerprint density at radius 1 is 0.930 bits per heavy atom. The lowest BCUT2D eigenvalue weighted by Crippen LogP contribution is -2.50. The van der Waals surface area contributed by atoms with E-state index < -0.39 is 15.6 Å². The van der Waals surface area contributed by atoms with Crippen molar-refractivity contribution in [1.29, 1.82) is 0 Å². The standard InChI is InChI=1S/C30H32N8O4S/c1-30(2,3)42-29(39)37-12-10-36(11-13-37)27-18-31-17-26(34-27)25-20-38(43(40,41)23-8-6-5-7-9-23)28-24(25)14-21(15-32-28)22-16-33-35(4)19-22/h5-9,14-20H,10-13H2,1-4H3. The first kappa shape index (κ1) is 28.3. The van der Waals surface area contributed by atoms with Crippen molar-refractivity contribution in [3.05, 3.63) is 73.6 Å². The second-order valence-electron chi connectivity index (χ2n) is 11.4. The fourth-order valence-electron chi connectivity index (χ4n) is 4.98. The normalized spacial score (nSPS) is 14.3. The predicted octanol–water partition coefficient (Wildman–Crippen LogP) is 4.19. The second-order valence-corrected chi connectivity index (χ2v) is 13.2. The molecule has 0 spiro atoms. The number of rotatable bonds is 5. The largest absolute Gasteiger partial charge is 0.444 e. The predicted molar refractivity (Wildman–Crippen MR) is 162 cm³/mol. The Kier molecular flexibility index (Phi) is 7.12. The maximum atomic E-state index is 13.8. The van der Waals surface area contributed by atoms with E-state index in [4.69, 9.17) is 9.72 Å². The lowest BCUT2D eigenvalue weighted by molar-refractivity contribution is 0.0240. The van der Waals surface area contributed by atoms with Crippen LogP contribution < -0.4 is 4.90 Å². The molecule has 0 N–H and O–H groups in total. The van der Waals surface area contributed by atoms with Crippen LogP contribution in [0.4, 0.5) is 10.6 Å². The second kappa shape index (κ2) is 10.8. The van der Waals surface area contributed by atoms with Gasteiger partial charge in [0, 0.05) is 73.9 Å². The van der Waals surface area contributed by atoms with E-state index in [0.717, 1.165) is 11.1 Å². The van der Waals surface area contributed by atoms with Crippen molar-refractivity contribution in [2.24, 2.45) is 7.05 Å². The summed E-state index contributed by atoms with van der Waals surface area (Å²) in [7, 11) is -2.12. The summed E-state index contributed by atoms with van der Waals surface area (Å²) in [5.41, 5.74) is 2.44. The van der Waals surface area contributed by atoms with E-state index in [1.54, 1.807) is 70.9 Å². The van der Waals surface area contributed by atoms with E-state index >= 15 is 0 Å². The zero-order valence-corrected chi connectivity index (χ0v) is 25.2.